The summed E-state index contributed by atoms with van der Waals surface area (Å²) in [5, 5.41) is 0. The molecule has 1 aliphatic rings. The summed E-state index contributed by atoms with van der Waals surface area (Å²) in [6, 6.07) is 10.6. The minimum Gasteiger partial charge on any atom is -0.328 e. The summed E-state index contributed by atoms with van der Waals surface area (Å²) in [7, 11) is 1.87. The first-order valence-corrected chi connectivity index (χ1v) is 6.42. The van der Waals surface area contributed by atoms with Gasteiger partial charge in [0.1, 0.15) is 0 Å². The van der Waals surface area contributed by atoms with Gasteiger partial charge in [0.25, 0.3) is 0 Å². The molecule has 1 aliphatic heterocycles. The second kappa shape index (κ2) is 5.40. The molecular weight excluding hydrogens is 226 g/mol. The van der Waals surface area contributed by atoms with E-state index in [1.165, 1.54) is 5.56 Å². The summed E-state index contributed by atoms with van der Waals surface area (Å²) in [6.45, 7) is 3.47. The van der Waals surface area contributed by atoms with Crippen LogP contribution in [0.3, 0.4) is 0 Å². The van der Waals surface area contributed by atoms with Crippen molar-refractivity contribution in [3.8, 4) is 0 Å². The number of nitrogens with zero attached hydrogens (tertiary/aromatic N) is 2. The summed E-state index contributed by atoms with van der Waals surface area (Å²) < 4.78 is 0. The van der Waals surface area contributed by atoms with Crippen LogP contribution < -0.4 is 5.73 Å². The Hall–Kier alpha value is -1.55. The lowest BCUT2D eigenvalue weighted by molar-refractivity contribution is 0.194. The molecule has 4 heteroatoms. The van der Waals surface area contributed by atoms with Crippen LogP contribution in [0, 0.1) is 0 Å². The predicted molar refractivity (Wildman–Crippen MR) is 72.2 cm³/mol. The molecule has 1 heterocycles. The van der Waals surface area contributed by atoms with Gasteiger partial charge in [0.15, 0.2) is 0 Å². The normalized spacial score (nSPS) is 21.5. The fourth-order valence-electron chi connectivity index (χ4n) is 2.32. The van der Waals surface area contributed by atoms with Gasteiger partial charge in [-0.15, -0.1) is 0 Å². The molecule has 1 aromatic carbocycles. The first-order chi connectivity index (χ1) is 8.59. The number of rotatable bonds is 4. The number of hydrogen-bond acceptors (Lipinski definition) is 2. The van der Waals surface area contributed by atoms with Gasteiger partial charge in [-0.25, -0.2) is 4.79 Å². The standard InChI is InChI=1S/C14H21N3O/c1-11(15)8-9-17-10-13(16(2)14(17)18)12-6-4-3-5-7-12/h3-7,11,13H,8-10,15H2,1-2H3. The van der Waals surface area contributed by atoms with Crippen LogP contribution in [-0.2, 0) is 0 Å². The molecule has 18 heavy (non-hydrogen) atoms. The van der Waals surface area contributed by atoms with Gasteiger partial charge in [-0.3, -0.25) is 0 Å². The van der Waals surface area contributed by atoms with E-state index in [9.17, 15) is 4.79 Å². The van der Waals surface area contributed by atoms with Crippen LogP contribution in [-0.4, -0.2) is 42.0 Å². The summed E-state index contributed by atoms with van der Waals surface area (Å²) in [4.78, 5) is 15.8. The lowest BCUT2D eigenvalue weighted by Crippen LogP contribution is -2.32. The molecule has 1 aromatic rings. The van der Waals surface area contributed by atoms with Crippen molar-refractivity contribution in [1.82, 2.24) is 9.80 Å². The van der Waals surface area contributed by atoms with Gasteiger partial charge < -0.3 is 15.5 Å². The van der Waals surface area contributed by atoms with E-state index >= 15 is 0 Å². The van der Waals surface area contributed by atoms with Crippen molar-refractivity contribution in [2.75, 3.05) is 20.1 Å². The molecule has 4 nitrogen and oxygen atoms in total. The Bertz CT molecular complexity index is 405. The van der Waals surface area contributed by atoms with Crippen LogP contribution in [0.2, 0.25) is 0 Å². The molecule has 2 rings (SSSR count). The zero-order valence-electron chi connectivity index (χ0n) is 11.0. The molecule has 0 radical (unpaired) electrons. The Labute approximate surface area is 108 Å². The number of likely N-dealkylation sites (N-methyl/N-ethyl adjacent to an activating group) is 1. The third-order valence-corrected chi connectivity index (χ3v) is 3.47. The number of benzene rings is 1. The average molecular weight is 247 g/mol. The highest BCUT2D eigenvalue weighted by molar-refractivity contribution is 5.77. The van der Waals surface area contributed by atoms with Crippen molar-refractivity contribution in [2.24, 2.45) is 5.73 Å². The summed E-state index contributed by atoms with van der Waals surface area (Å²) >= 11 is 0. The monoisotopic (exact) mass is 247 g/mol. The third-order valence-electron chi connectivity index (χ3n) is 3.47. The maximum atomic E-state index is 12.1. The Morgan fingerprint density at radius 1 is 1.39 bits per heavy atom. The van der Waals surface area contributed by atoms with E-state index in [4.69, 9.17) is 5.73 Å². The van der Waals surface area contributed by atoms with Gasteiger partial charge in [-0.2, -0.15) is 0 Å². The highest BCUT2D eigenvalue weighted by atomic mass is 16.2. The molecule has 0 spiro atoms. The molecular formula is C14H21N3O. The summed E-state index contributed by atoms with van der Waals surface area (Å²) in [5.41, 5.74) is 6.94. The van der Waals surface area contributed by atoms with E-state index in [0.717, 1.165) is 19.5 Å². The maximum Gasteiger partial charge on any atom is 0.320 e. The zero-order valence-corrected chi connectivity index (χ0v) is 11.0. The minimum atomic E-state index is 0.101. The van der Waals surface area contributed by atoms with Crippen molar-refractivity contribution in [3.63, 3.8) is 0 Å². The van der Waals surface area contributed by atoms with Crippen molar-refractivity contribution >= 4 is 6.03 Å². The van der Waals surface area contributed by atoms with Gasteiger partial charge >= 0.3 is 6.03 Å². The molecule has 2 amide bonds. The summed E-state index contributed by atoms with van der Waals surface area (Å²) in [6.07, 6.45) is 0.848. The van der Waals surface area contributed by atoms with Crippen LogP contribution in [0.15, 0.2) is 30.3 Å². The predicted octanol–water partition coefficient (Wildman–Crippen LogP) is 1.83. The second-order valence-corrected chi connectivity index (χ2v) is 5.03. The molecule has 2 unspecified atom stereocenters. The van der Waals surface area contributed by atoms with Crippen molar-refractivity contribution in [1.29, 1.82) is 0 Å². The fourth-order valence-corrected chi connectivity index (χ4v) is 2.32. The first kappa shape index (κ1) is 12.9. The Balaban J connectivity index is 2.05. The topological polar surface area (TPSA) is 49.6 Å². The number of amides is 2. The fraction of sp³-hybridized carbons (Fsp3) is 0.500. The van der Waals surface area contributed by atoms with Crippen LogP contribution in [0.1, 0.15) is 24.9 Å². The van der Waals surface area contributed by atoms with E-state index in [1.807, 2.05) is 42.0 Å². The quantitative estimate of drug-likeness (QED) is 0.882. The molecule has 1 fully saturated rings. The number of carbonyl (C=O) groups excluding carboxylic acids is 1. The molecule has 0 bridgehead atoms. The molecule has 2 N–H and O–H groups in total. The number of carbonyl (C=O) groups is 1. The SMILES string of the molecule is CC(N)CCN1CC(c2ccccc2)N(C)C1=O. The van der Waals surface area contributed by atoms with E-state index < -0.39 is 0 Å². The Morgan fingerprint density at radius 2 is 2.06 bits per heavy atom. The van der Waals surface area contributed by atoms with E-state index in [1.54, 1.807) is 0 Å². The van der Waals surface area contributed by atoms with Gasteiger partial charge in [0, 0.05) is 26.2 Å². The first-order valence-electron chi connectivity index (χ1n) is 6.42. The van der Waals surface area contributed by atoms with Gasteiger partial charge in [-0.05, 0) is 18.9 Å². The largest absolute Gasteiger partial charge is 0.328 e. The van der Waals surface area contributed by atoms with Crippen molar-refractivity contribution < 1.29 is 4.79 Å². The number of urea groups is 1. The van der Waals surface area contributed by atoms with Crippen LogP contribution in [0.4, 0.5) is 4.79 Å². The van der Waals surface area contributed by atoms with Crippen LogP contribution in [0.25, 0.3) is 0 Å². The van der Waals surface area contributed by atoms with Crippen molar-refractivity contribution in [2.45, 2.75) is 25.4 Å². The second-order valence-electron chi connectivity index (χ2n) is 5.03. The van der Waals surface area contributed by atoms with Crippen molar-refractivity contribution in [3.05, 3.63) is 35.9 Å². The van der Waals surface area contributed by atoms with Crippen LogP contribution in [0.5, 0.6) is 0 Å². The van der Waals surface area contributed by atoms with E-state index in [-0.39, 0.29) is 18.1 Å². The van der Waals surface area contributed by atoms with Crippen LogP contribution >= 0.6 is 0 Å². The highest BCUT2D eigenvalue weighted by Gasteiger charge is 2.34. The summed E-state index contributed by atoms with van der Waals surface area (Å²) in [5.74, 6) is 0. The zero-order chi connectivity index (χ0) is 13.1. The highest BCUT2D eigenvalue weighted by Crippen LogP contribution is 2.27. The minimum absolute atomic E-state index is 0.101. The van der Waals surface area contributed by atoms with Gasteiger partial charge in [0.05, 0.1) is 6.04 Å². The average Bonchev–Trinajstić information content (AvgIpc) is 2.65. The Kier molecular flexibility index (Phi) is 3.87. The van der Waals surface area contributed by atoms with E-state index in [0.29, 0.717) is 0 Å². The molecule has 0 saturated carbocycles. The molecule has 98 valence electrons. The third kappa shape index (κ3) is 2.64. The van der Waals surface area contributed by atoms with Gasteiger partial charge in [0.2, 0.25) is 0 Å². The molecule has 1 saturated heterocycles. The lowest BCUT2D eigenvalue weighted by Gasteiger charge is -2.17. The lowest BCUT2D eigenvalue weighted by atomic mass is 10.1. The number of nitrogens with two attached hydrogens (primary N) is 1. The molecule has 0 aromatic heterocycles. The maximum absolute atomic E-state index is 12.1. The van der Waals surface area contributed by atoms with Gasteiger partial charge in [-0.1, -0.05) is 30.3 Å². The molecule has 0 aliphatic carbocycles. The Morgan fingerprint density at radius 3 is 2.67 bits per heavy atom. The van der Waals surface area contributed by atoms with E-state index in [2.05, 4.69) is 12.1 Å². The number of hydrogen-bond donors (Lipinski definition) is 1. The molecule has 2 atom stereocenters. The smallest absolute Gasteiger partial charge is 0.320 e.